The lowest BCUT2D eigenvalue weighted by Gasteiger charge is -2.45. The number of piperidine rings is 1. The van der Waals surface area contributed by atoms with Gasteiger partial charge in [0.05, 0.1) is 0 Å². The largest absolute Gasteiger partial charge is 0.444 e. The molecule has 2 heterocycles. The Kier molecular flexibility index (Phi) is 4.86. The lowest BCUT2D eigenvalue weighted by atomic mass is 9.85. The number of carbonyl (C=O) groups is 1. The zero-order chi connectivity index (χ0) is 17.2. The summed E-state index contributed by atoms with van der Waals surface area (Å²) in [5.41, 5.74) is 1.24. The molecule has 0 aliphatic carbocycles. The van der Waals surface area contributed by atoms with Gasteiger partial charge in [0, 0.05) is 25.2 Å². The number of carbonyl (C=O) groups excluding carboxylic acids is 1. The first-order chi connectivity index (χ1) is 11.4. The van der Waals surface area contributed by atoms with Gasteiger partial charge in [-0.2, -0.15) is 0 Å². The van der Waals surface area contributed by atoms with E-state index in [1.165, 1.54) is 24.9 Å². The lowest BCUT2D eigenvalue weighted by Crippen LogP contribution is -2.53. The molecule has 0 aromatic heterocycles. The standard InChI is InChI=1S/C20H30N2O2/c1-19(2,3)24-18(23)21-14-11-20(12-15-21)10-7-13-22(20)16-17-8-5-4-6-9-17/h4-6,8-9H,7,10-16H2,1-3H3. The Hall–Kier alpha value is -1.55. The van der Waals surface area contributed by atoms with Gasteiger partial charge in [0.25, 0.3) is 0 Å². The molecular formula is C20H30N2O2. The van der Waals surface area contributed by atoms with Crippen molar-refractivity contribution >= 4 is 6.09 Å². The van der Waals surface area contributed by atoms with Gasteiger partial charge in [-0.25, -0.2) is 4.79 Å². The molecule has 0 N–H and O–H groups in total. The molecule has 1 spiro atoms. The van der Waals surface area contributed by atoms with E-state index < -0.39 is 5.60 Å². The van der Waals surface area contributed by atoms with E-state index in [1.807, 2.05) is 25.7 Å². The minimum Gasteiger partial charge on any atom is -0.444 e. The van der Waals surface area contributed by atoms with Gasteiger partial charge >= 0.3 is 6.09 Å². The van der Waals surface area contributed by atoms with Gasteiger partial charge in [0.1, 0.15) is 5.60 Å². The highest BCUT2D eigenvalue weighted by molar-refractivity contribution is 5.68. The first kappa shape index (κ1) is 17.3. The summed E-state index contributed by atoms with van der Waals surface area (Å²) in [6.07, 6.45) is 4.46. The van der Waals surface area contributed by atoms with E-state index in [9.17, 15) is 4.79 Å². The van der Waals surface area contributed by atoms with Crippen molar-refractivity contribution in [3.63, 3.8) is 0 Å². The zero-order valence-electron chi connectivity index (χ0n) is 15.3. The van der Waals surface area contributed by atoms with Crippen LogP contribution in [0.15, 0.2) is 30.3 Å². The number of hydrogen-bond donors (Lipinski definition) is 0. The Morgan fingerprint density at radius 3 is 2.38 bits per heavy atom. The van der Waals surface area contributed by atoms with Gasteiger partial charge in [-0.3, -0.25) is 4.90 Å². The molecule has 0 bridgehead atoms. The molecule has 0 saturated carbocycles. The molecule has 24 heavy (non-hydrogen) atoms. The van der Waals surface area contributed by atoms with Gasteiger partial charge in [-0.05, 0) is 58.6 Å². The predicted molar refractivity (Wildman–Crippen MR) is 95.9 cm³/mol. The second-order valence-electron chi connectivity index (χ2n) is 8.20. The lowest BCUT2D eigenvalue weighted by molar-refractivity contribution is 0.00165. The van der Waals surface area contributed by atoms with Crippen molar-refractivity contribution in [1.82, 2.24) is 9.80 Å². The van der Waals surface area contributed by atoms with E-state index in [2.05, 4.69) is 35.2 Å². The van der Waals surface area contributed by atoms with Gasteiger partial charge < -0.3 is 9.64 Å². The Morgan fingerprint density at radius 1 is 1.08 bits per heavy atom. The smallest absolute Gasteiger partial charge is 0.410 e. The molecule has 132 valence electrons. The van der Waals surface area contributed by atoms with E-state index in [4.69, 9.17) is 4.74 Å². The van der Waals surface area contributed by atoms with Gasteiger partial charge in [-0.1, -0.05) is 30.3 Å². The fourth-order valence-corrected chi connectivity index (χ4v) is 4.04. The van der Waals surface area contributed by atoms with E-state index >= 15 is 0 Å². The third-order valence-corrected chi connectivity index (χ3v) is 5.30. The molecule has 2 saturated heterocycles. The summed E-state index contributed by atoms with van der Waals surface area (Å²) >= 11 is 0. The minimum atomic E-state index is -0.418. The average Bonchev–Trinajstić information content (AvgIpc) is 2.89. The molecule has 4 heteroatoms. The zero-order valence-corrected chi connectivity index (χ0v) is 15.3. The van der Waals surface area contributed by atoms with E-state index in [-0.39, 0.29) is 11.6 Å². The Balaban J connectivity index is 1.60. The summed E-state index contributed by atoms with van der Waals surface area (Å²) in [6.45, 7) is 9.58. The molecule has 2 aliphatic rings. The maximum absolute atomic E-state index is 12.3. The maximum Gasteiger partial charge on any atom is 0.410 e. The summed E-state index contributed by atoms with van der Waals surface area (Å²) in [7, 11) is 0. The molecule has 4 nitrogen and oxygen atoms in total. The van der Waals surface area contributed by atoms with Crippen molar-refractivity contribution in [2.45, 2.75) is 64.1 Å². The summed E-state index contributed by atoms with van der Waals surface area (Å²) in [4.78, 5) is 16.8. The molecule has 1 amide bonds. The van der Waals surface area contributed by atoms with Crippen LogP contribution < -0.4 is 0 Å². The molecular weight excluding hydrogens is 300 g/mol. The summed E-state index contributed by atoms with van der Waals surface area (Å²) in [5.74, 6) is 0. The van der Waals surface area contributed by atoms with Crippen molar-refractivity contribution in [1.29, 1.82) is 0 Å². The highest BCUT2D eigenvalue weighted by Gasteiger charge is 2.44. The monoisotopic (exact) mass is 330 g/mol. The molecule has 0 unspecified atom stereocenters. The Labute approximate surface area is 145 Å². The fourth-order valence-electron chi connectivity index (χ4n) is 4.04. The maximum atomic E-state index is 12.3. The molecule has 2 fully saturated rings. The van der Waals surface area contributed by atoms with Crippen molar-refractivity contribution < 1.29 is 9.53 Å². The first-order valence-corrected chi connectivity index (χ1v) is 9.15. The van der Waals surface area contributed by atoms with Crippen LogP contribution in [0.1, 0.15) is 52.0 Å². The molecule has 2 aliphatic heterocycles. The third kappa shape index (κ3) is 3.92. The second-order valence-corrected chi connectivity index (χ2v) is 8.20. The number of ether oxygens (including phenoxy) is 1. The van der Waals surface area contributed by atoms with Crippen LogP contribution in [0.2, 0.25) is 0 Å². The second kappa shape index (κ2) is 6.75. The molecule has 1 aromatic rings. The van der Waals surface area contributed by atoms with Crippen LogP contribution in [0.25, 0.3) is 0 Å². The molecule has 0 atom stereocenters. The predicted octanol–water partition coefficient (Wildman–Crippen LogP) is 4.05. The normalized spacial score (nSPS) is 21.2. The highest BCUT2D eigenvalue weighted by Crippen LogP contribution is 2.39. The van der Waals surface area contributed by atoms with Crippen LogP contribution in [-0.2, 0) is 11.3 Å². The van der Waals surface area contributed by atoms with Crippen LogP contribution in [-0.4, -0.2) is 46.7 Å². The van der Waals surface area contributed by atoms with Crippen molar-refractivity contribution in [2.24, 2.45) is 0 Å². The SMILES string of the molecule is CC(C)(C)OC(=O)N1CCC2(CCCN2Cc2ccccc2)CC1. The number of amides is 1. The summed E-state index contributed by atoms with van der Waals surface area (Å²) < 4.78 is 5.52. The molecule has 1 aromatic carbocycles. The van der Waals surface area contributed by atoms with Crippen molar-refractivity contribution in [3.05, 3.63) is 35.9 Å². The van der Waals surface area contributed by atoms with Crippen LogP contribution in [0.4, 0.5) is 4.79 Å². The van der Waals surface area contributed by atoms with Crippen LogP contribution >= 0.6 is 0 Å². The Bertz CT molecular complexity index is 557. The van der Waals surface area contributed by atoms with Gasteiger partial charge in [-0.15, -0.1) is 0 Å². The first-order valence-electron chi connectivity index (χ1n) is 9.15. The Morgan fingerprint density at radius 2 is 1.75 bits per heavy atom. The number of benzene rings is 1. The number of likely N-dealkylation sites (tertiary alicyclic amines) is 2. The van der Waals surface area contributed by atoms with Crippen molar-refractivity contribution in [3.8, 4) is 0 Å². The van der Waals surface area contributed by atoms with Crippen molar-refractivity contribution in [2.75, 3.05) is 19.6 Å². The van der Waals surface area contributed by atoms with Crippen LogP contribution in [0.5, 0.6) is 0 Å². The quantitative estimate of drug-likeness (QED) is 0.820. The van der Waals surface area contributed by atoms with Gasteiger partial charge in [0.15, 0.2) is 0 Å². The minimum absolute atomic E-state index is 0.162. The van der Waals surface area contributed by atoms with E-state index in [0.29, 0.717) is 0 Å². The number of hydrogen-bond acceptors (Lipinski definition) is 3. The van der Waals surface area contributed by atoms with E-state index in [1.54, 1.807) is 0 Å². The highest BCUT2D eigenvalue weighted by atomic mass is 16.6. The topological polar surface area (TPSA) is 32.8 Å². The van der Waals surface area contributed by atoms with Gasteiger partial charge in [0.2, 0.25) is 0 Å². The molecule has 0 radical (unpaired) electrons. The molecule has 3 rings (SSSR count). The summed E-state index contributed by atoms with van der Waals surface area (Å²) in [6, 6.07) is 10.7. The van der Waals surface area contributed by atoms with Crippen LogP contribution in [0.3, 0.4) is 0 Å². The van der Waals surface area contributed by atoms with E-state index in [0.717, 1.165) is 32.5 Å². The third-order valence-electron chi connectivity index (χ3n) is 5.30. The number of rotatable bonds is 2. The fraction of sp³-hybridized carbons (Fsp3) is 0.650. The average molecular weight is 330 g/mol. The van der Waals surface area contributed by atoms with Crippen LogP contribution in [0, 0.1) is 0 Å². The number of nitrogens with zero attached hydrogens (tertiary/aromatic N) is 2. The summed E-state index contributed by atoms with van der Waals surface area (Å²) in [5, 5.41) is 0.